The zero-order chi connectivity index (χ0) is 12.5. The van der Waals surface area contributed by atoms with Crippen molar-refractivity contribution >= 4 is 11.5 Å². The Morgan fingerprint density at radius 1 is 0.944 bits per heavy atom. The first-order chi connectivity index (χ1) is 8.77. The quantitative estimate of drug-likeness (QED) is 0.803. The lowest BCUT2D eigenvalue weighted by atomic mass is 9.90. The molecule has 0 aliphatic carbocycles. The lowest BCUT2D eigenvalue weighted by molar-refractivity contribution is 0.0695. The van der Waals surface area contributed by atoms with Crippen molar-refractivity contribution in [3.05, 3.63) is 65.7 Å². The van der Waals surface area contributed by atoms with Gasteiger partial charge in [-0.3, -0.25) is 4.79 Å². The highest BCUT2D eigenvalue weighted by atomic mass is 16.3. The summed E-state index contributed by atoms with van der Waals surface area (Å²) in [5.74, 6) is -0.224. The van der Waals surface area contributed by atoms with Crippen LogP contribution in [-0.4, -0.2) is 17.0 Å². The molecule has 3 heteroatoms. The Labute approximate surface area is 105 Å². The molecule has 1 heterocycles. The van der Waals surface area contributed by atoms with Crippen LogP contribution >= 0.6 is 0 Å². The third-order valence-corrected chi connectivity index (χ3v) is 3.25. The predicted molar refractivity (Wildman–Crippen MR) is 69.6 cm³/mol. The van der Waals surface area contributed by atoms with Crippen molar-refractivity contribution in [3.63, 3.8) is 0 Å². The minimum atomic E-state index is -1.04. The lowest BCUT2D eigenvalue weighted by Gasteiger charge is -2.30. The molecular formula is C15H13NO2. The lowest BCUT2D eigenvalue weighted by Crippen LogP contribution is -2.37. The van der Waals surface area contributed by atoms with Crippen LogP contribution in [0.2, 0.25) is 0 Å². The first-order valence-electron chi connectivity index (χ1n) is 5.90. The molecule has 3 rings (SSSR count). The van der Waals surface area contributed by atoms with E-state index in [2.05, 4.69) is 5.32 Å². The number of aliphatic hydroxyl groups excluding tert-OH is 1. The summed E-state index contributed by atoms with van der Waals surface area (Å²) in [6, 6.07) is 16.4. The number of nitrogens with one attached hydrogen (secondary N) is 1. The minimum Gasteiger partial charge on any atom is -0.382 e. The zero-order valence-corrected chi connectivity index (χ0v) is 9.71. The number of rotatable bonds is 1. The van der Waals surface area contributed by atoms with Gasteiger partial charge in [0.05, 0.1) is 6.04 Å². The van der Waals surface area contributed by atoms with E-state index in [4.69, 9.17) is 0 Å². The van der Waals surface area contributed by atoms with Crippen LogP contribution in [0.25, 0.3) is 0 Å². The van der Waals surface area contributed by atoms with Gasteiger partial charge in [-0.1, -0.05) is 42.5 Å². The number of hydrogen-bond donors (Lipinski definition) is 2. The van der Waals surface area contributed by atoms with E-state index in [9.17, 15) is 9.90 Å². The maximum Gasteiger partial charge on any atom is 0.195 e. The average Bonchev–Trinajstić information content (AvgIpc) is 2.44. The number of benzene rings is 2. The third-order valence-electron chi connectivity index (χ3n) is 3.25. The monoisotopic (exact) mass is 239 g/mol. The number of carbonyl (C=O) groups excluding carboxylic acids is 1. The Hall–Kier alpha value is -2.13. The summed E-state index contributed by atoms with van der Waals surface area (Å²) in [4.78, 5) is 12.1. The fourth-order valence-corrected chi connectivity index (χ4v) is 2.31. The van der Waals surface area contributed by atoms with Gasteiger partial charge in [0.25, 0.3) is 0 Å². The van der Waals surface area contributed by atoms with Gasteiger partial charge in [-0.25, -0.2) is 0 Å². The highest BCUT2D eigenvalue weighted by Crippen LogP contribution is 2.32. The Bertz CT molecular complexity index is 580. The van der Waals surface area contributed by atoms with Crippen molar-refractivity contribution in [2.75, 3.05) is 5.32 Å². The van der Waals surface area contributed by atoms with Crippen molar-refractivity contribution in [2.45, 2.75) is 12.1 Å². The highest BCUT2D eigenvalue weighted by Gasteiger charge is 2.34. The molecule has 2 N–H and O–H groups in total. The normalized spacial score (nSPS) is 22.2. The van der Waals surface area contributed by atoms with Gasteiger partial charge < -0.3 is 10.4 Å². The van der Waals surface area contributed by atoms with E-state index in [0.29, 0.717) is 5.56 Å². The molecule has 90 valence electrons. The summed E-state index contributed by atoms with van der Waals surface area (Å²) in [6.07, 6.45) is -1.04. The molecule has 1 aliphatic heterocycles. The van der Waals surface area contributed by atoms with Crippen LogP contribution in [0.5, 0.6) is 0 Å². The molecule has 0 amide bonds. The van der Waals surface area contributed by atoms with Crippen LogP contribution in [0, 0.1) is 0 Å². The second kappa shape index (κ2) is 4.27. The van der Waals surface area contributed by atoms with Gasteiger partial charge in [-0.15, -0.1) is 0 Å². The van der Waals surface area contributed by atoms with Gasteiger partial charge in [-0.05, 0) is 17.7 Å². The summed E-state index contributed by atoms with van der Waals surface area (Å²) in [5.41, 5.74) is 2.24. The SMILES string of the molecule is O=C1c2ccccc2NC(c2ccccc2)C1O. The Balaban J connectivity index is 2.04. The van der Waals surface area contributed by atoms with Crippen LogP contribution in [0.15, 0.2) is 54.6 Å². The van der Waals surface area contributed by atoms with Crippen molar-refractivity contribution in [1.82, 2.24) is 0 Å². The minimum absolute atomic E-state index is 0.224. The van der Waals surface area contributed by atoms with Crippen LogP contribution in [0.3, 0.4) is 0 Å². The fraction of sp³-hybridized carbons (Fsp3) is 0.133. The average molecular weight is 239 g/mol. The van der Waals surface area contributed by atoms with E-state index >= 15 is 0 Å². The molecule has 2 aromatic carbocycles. The second-order valence-corrected chi connectivity index (χ2v) is 4.39. The summed E-state index contributed by atoms with van der Waals surface area (Å²) in [6.45, 7) is 0. The topological polar surface area (TPSA) is 49.3 Å². The van der Waals surface area contributed by atoms with Crippen LogP contribution in [0.1, 0.15) is 22.0 Å². The molecule has 2 unspecified atom stereocenters. The highest BCUT2D eigenvalue weighted by molar-refractivity contribution is 6.06. The Kier molecular flexibility index (Phi) is 2.61. The predicted octanol–water partition coefficient (Wildman–Crippen LogP) is 2.40. The van der Waals surface area contributed by atoms with Crippen LogP contribution in [0.4, 0.5) is 5.69 Å². The summed E-state index contributed by atoms with van der Waals surface area (Å²) in [5, 5.41) is 13.3. The van der Waals surface area contributed by atoms with Crippen molar-refractivity contribution in [2.24, 2.45) is 0 Å². The fourth-order valence-electron chi connectivity index (χ4n) is 2.31. The molecule has 2 aromatic rings. The van der Waals surface area contributed by atoms with Gasteiger partial charge in [0.15, 0.2) is 5.78 Å². The molecule has 0 spiro atoms. The number of aliphatic hydroxyl groups is 1. The van der Waals surface area contributed by atoms with E-state index in [-0.39, 0.29) is 11.8 Å². The van der Waals surface area contributed by atoms with Gasteiger partial charge in [0, 0.05) is 11.3 Å². The molecule has 0 aromatic heterocycles. The van der Waals surface area contributed by atoms with Crippen LogP contribution in [-0.2, 0) is 0 Å². The Morgan fingerprint density at radius 2 is 1.61 bits per heavy atom. The molecule has 2 atom stereocenters. The molecule has 1 aliphatic rings. The van der Waals surface area contributed by atoms with E-state index < -0.39 is 6.10 Å². The molecule has 0 bridgehead atoms. The number of ketones is 1. The van der Waals surface area contributed by atoms with E-state index in [1.807, 2.05) is 42.5 Å². The van der Waals surface area contributed by atoms with Gasteiger partial charge >= 0.3 is 0 Å². The molecule has 18 heavy (non-hydrogen) atoms. The molecular weight excluding hydrogens is 226 g/mol. The van der Waals surface area contributed by atoms with E-state index in [1.165, 1.54) is 0 Å². The number of Topliss-reactive ketones (excluding diaryl/α,β-unsaturated/α-hetero) is 1. The Morgan fingerprint density at radius 3 is 2.39 bits per heavy atom. The summed E-state index contributed by atoms with van der Waals surface area (Å²) < 4.78 is 0. The number of para-hydroxylation sites is 1. The van der Waals surface area contributed by atoms with Crippen molar-refractivity contribution in [3.8, 4) is 0 Å². The molecule has 3 nitrogen and oxygen atoms in total. The van der Waals surface area contributed by atoms with Crippen molar-refractivity contribution in [1.29, 1.82) is 0 Å². The first kappa shape index (κ1) is 11.0. The van der Waals surface area contributed by atoms with Crippen LogP contribution < -0.4 is 5.32 Å². The standard InChI is InChI=1S/C15H13NO2/c17-14-11-8-4-5-9-12(11)16-13(15(14)18)10-6-2-1-3-7-10/h1-9,13,15-16,18H. The maximum atomic E-state index is 12.1. The number of carbonyl (C=O) groups is 1. The molecule has 0 radical (unpaired) electrons. The van der Waals surface area contributed by atoms with E-state index in [0.717, 1.165) is 11.3 Å². The molecule has 0 saturated heterocycles. The second-order valence-electron chi connectivity index (χ2n) is 4.39. The van der Waals surface area contributed by atoms with Gasteiger partial charge in [0.2, 0.25) is 0 Å². The molecule has 0 fully saturated rings. The van der Waals surface area contributed by atoms with Gasteiger partial charge in [0.1, 0.15) is 6.10 Å². The van der Waals surface area contributed by atoms with E-state index in [1.54, 1.807) is 12.1 Å². The zero-order valence-electron chi connectivity index (χ0n) is 9.71. The first-order valence-corrected chi connectivity index (χ1v) is 5.90. The largest absolute Gasteiger partial charge is 0.382 e. The smallest absolute Gasteiger partial charge is 0.195 e. The van der Waals surface area contributed by atoms with Gasteiger partial charge in [-0.2, -0.15) is 0 Å². The summed E-state index contributed by atoms with van der Waals surface area (Å²) >= 11 is 0. The number of anilines is 1. The molecule has 0 saturated carbocycles. The summed E-state index contributed by atoms with van der Waals surface area (Å²) in [7, 11) is 0. The number of hydrogen-bond acceptors (Lipinski definition) is 3. The maximum absolute atomic E-state index is 12.1. The number of fused-ring (bicyclic) bond motifs is 1. The third kappa shape index (κ3) is 1.69. The van der Waals surface area contributed by atoms with Crippen molar-refractivity contribution < 1.29 is 9.90 Å².